The fraction of sp³-hybridized carbons (Fsp3) is 0.158. The fourth-order valence-electron chi connectivity index (χ4n) is 10.7. The van der Waals surface area contributed by atoms with Gasteiger partial charge in [0.05, 0.1) is 84.4 Å². The number of phenols is 1. The maximum absolute atomic E-state index is 11.2. The Bertz CT molecular complexity index is 3890. The van der Waals surface area contributed by atoms with Crippen molar-refractivity contribution in [2.45, 2.75) is 51.4 Å². The van der Waals surface area contributed by atoms with E-state index in [2.05, 4.69) is 50.3 Å². The monoisotopic (exact) mass is 1360 g/mol. The summed E-state index contributed by atoms with van der Waals surface area (Å²) in [4.78, 5) is 37.7. The Kier molecular flexibility index (Phi) is 19.5. The number of ether oxygens (including phenoxy) is 4. The smallest absolute Gasteiger partial charge is 0.136 e. The summed E-state index contributed by atoms with van der Waals surface area (Å²) in [6.07, 6.45) is 18.1. The summed E-state index contributed by atoms with van der Waals surface area (Å²) in [7, 11) is 0. The molecule has 0 fully saturated rings. The average molecular weight is 1360 g/mol. The van der Waals surface area contributed by atoms with E-state index in [-0.39, 0.29) is 26.8 Å². The zero-order valence-corrected chi connectivity index (χ0v) is 51.7. The van der Waals surface area contributed by atoms with Crippen molar-refractivity contribution in [1.29, 1.82) is 0 Å². The van der Waals surface area contributed by atoms with Crippen molar-refractivity contribution in [1.82, 2.24) is 39.9 Å². The predicted octanol–water partition coefficient (Wildman–Crippen LogP) is 16.0. The fourth-order valence-corrected chi connectivity index (χ4v) is 10.7. The second-order valence-electron chi connectivity index (χ2n) is 21.8. The molecule has 0 saturated carbocycles. The van der Waals surface area contributed by atoms with E-state index in [0.717, 1.165) is 187 Å². The first-order valence-corrected chi connectivity index (χ1v) is 30.2. The van der Waals surface area contributed by atoms with Gasteiger partial charge in [-0.05, 0) is 170 Å². The summed E-state index contributed by atoms with van der Waals surface area (Å²) in [6, 6.07) is 67.3. The molecule has 448 valence electrons. The molecule has 0 radical (unpaired) electrons. The van der Waals surface area contributed by atoms with E-state index in [1.807, 2.05) is 195 Å². The quantitative estimate of drug-likeness (QED) is 0.143. The van der Waals surface area contributed by atoms with Crippen LogP contribution in [0.15, 0.2) is 231 Å². The summed E-state index contributed by atoms with van der Waals surface area (Å²) >= 11 is 0. The van der Waals surface area contributed by atoms with Gasteiger partial charge in [-0.25, -0.2) is 9.97 Å². The first-order chi connectivity index (χ1) is 44.0. The summed E-state index contributed by atoms with van der Waals surface area (Å²) in [5.41, 5.74) is 18.1. The van der Waals surface area contributed by atoms with Crippen molar-refractivity contribution in [3.63, 3.8) is 0 Å². The summed E-state index contributed by atoms with van der Waals surface area (Å²) in [5.74, 6) is 3.33. The van der Waals surface area contributed by atoms with Gasteiger partial charge in [0.2, 0.25) is 0 Å². The molecule has 24 bridgehead atoms. The van der Waals surface area contributed by atoms with Crippen LogP contribution in [0.4, 0.5) is 0 Å². The Morgan fingerprint density at radius 2 is 0.589 bits per heavy atom. The molecule has 14 aliphatic heterocycles. The first-order valence-electron chi connectivity index (χ1n) is 30.2. The third-order valence-electron chi connectivity index (χ3n) is 15.5. The minimum absolute atomic E-state index is 0. The normalized spacial score (nSPS) is 13.1. The molecule has 0 unspecified atom stereocenters. The van der Waals surface area contributed by atoms with Crippen molar-refractivity contribution >= 4 is 0 Å². The predicted molar refractivity (Wildman–Crippen MR) is 347 cm³/mol. The van der Waals surface area contributed by atoms with Crippen LogP contribution in [0.3, 0.4) is 0 Å². The zero-order valence-electron chi connectivity index (χ0n) is 49.4. The van der Waals surface area contributed by atoms with E-state index in [1.165, 1.54) is 0 Å². The Morgan fingerprint density at radius 3 is 0.911 bits per heavy atom. The first kappa shape index (κ1) is 60.1. The van der Waals surface area contributed by atoms with E-state index >= 15 is 0 Å². The van der Waals surface area contributed by atoms with E-state index < -0.39 is 0 Å². The van der Waals surface area contributed by atoms with Gasteiger partial charge in [0.1, 0.15) is 28.7 Å². The van der Waals surface area contributed by atoms with Crippen molar-refractivity contribution in [3.8, 4) is 119 Å². The van der Waals surface area contributed by atoms with Crippen LogP contribution in [-0.4, -0.2) is 71.4 Å². The van der Waals surface area contributed by atoms with Crippen LogP contribution < -0.4 is 18.9 Å². The van der Waals surface area contributed by atoms with Gasteiger partial charge in [-0.15, -0.1) is 24.3 Å². The van der Waals surface area contributed by atoms with Crippen molar-refractivity contribution < 1.29 is 45.1 Å². The number of hydrogen-bond donors (Lipinski definition) is 1. The molecule has 0 aliphatic carbocycles. The molecule has 26 rings (SSSR count). The van der Waals surface area contributed by atoms with Crippen molar-refractivity contribution in [2.75, 3.05) is 26.4 Å². The van der Waals surface area contributed by atoms with Gasteiger partial charge in [-0.1, -0.05) is 102 Å². The average Bonchev–Trinajstić information content (AvgIpc) is 2.01. The zero-order chi connectivity index (χ0) is 60.0. The number of nitrogens with zero attached hydrogens (tertiary/aromatic N) is 8. The Morgan fingerprint density at radius 1 is 0.289 bits per heavy atom. The standard InChI is InChI=1S/C39H33N3O3.C37H30N5O2.Pt/c43-39-33-7-1-8-34(39)30-15-19-32(20-16-30)45-24-4-6-28-12-22-36(41-26-28)38-10-2-9-37(42-38)35-21-11-27(25-40-35)5-3-23-44-31-17-13-29(33)14-18-31;1-7-28-21-29(8-1)33-18-14-31(25-41-33)44-20-4-6-27-12-16-35(39-23-27)37-10-2-9-36(42-37)34-15-11-26(22-38-34)5-3-19-43-30-13-17-32(28)40-24-30;/h1-2,7-22,25-26,43H,3-6,23-24H2;1-2,7-18,22-25H,3-6,19-20H2;/q;-1;. The van der Waals surface area contributed by atoms with E-state index in [1.54, 1.807) is 12.4 Å². The van der Waals surface area contributed by atoms with E-state index in [0.29, 0.717) is 26.4 Å². The molecule has 0 spiro atoms. The van der Waals surface area contributed by atoms with E-state index in [4.69, 9.17) is 38.9 Å². The molecular formula is C76H63N8O5Pt-. The number of hydrogen-bond acceptors (Lipinski definition) is 13. The van der Waals surface area contributed by atoms with Gasteiger partial charge >= 0.3 is 0 Å². The largest absolute Gasteiger partial charge is 0.507 e. The molecule has 90 heavy (non-hydrogen) atoms. The molecule has 4 aromatic carbocycles. The van der Waals surface area contributed by atoms with Crippen molar-refractivity contribution in [2.24, 2.45) is 0 Å². The topological polar surface area (TPSA) is 160 Å². The maximum atomic E-state index is 11.2. The van der Waals surface area contributed by atoms with Crippen LogP contribution in [0, 0.1) is 6.07 Å². The van der Waals surface area contributed by atoms with E-state index in [9.17, 15) is 5.11 Å². The molecule has 0 amide bonds. The number of aromatic nitrogens is 8. The number of aryl methyl sites for hydroxylation is 4. The SMILES string of the molecule is Oc1c2cccc1-c1ccc(cc1)OCCCc1ccc(nc1)-c1cccc(n1)-c1ccc(cn1)CCCOc1ccc-2cc1.[Pt].[c-]1c2cccc1-c1ccc(cn1)OCCCc1ccc(nc1)-c1cccc(n1)-c1ccc(cn1)CCCOc1ccc-2nc1. The Labute approximate surface area is 538 Å². The van der Waals surface area contributed by atoms with Crippen molar-refractivity contribution in [3.05, 3.63) is 260 Å². The number of phenolic OH excluding ortho intramolecular Hbond substituents is 1. The molecule has 13 nitrogen and oxygen atoms in total. The van der Waals surface area contributed by atoms with Crippen LogP contribution in [0.25, 0.3) is 90.3 Å². The van der Waals surface area contributed by atoms with Gasteiger partial charge in [-0.3, -0.25) is 29.9 Å². The number of aromatic hydroxyl groups is 1. The van der Waals surface area contributed by atoms with Gasteiger partial charge in [-0.2, -0.15) is 0 Å². The van der Waals surface area contributed by atoms with Crippen LogP contribution in [0.1, 0.15) is 47.9 Å². The summed E-state index contributed by atoms with van der Waals surface area (Å²) < 4.78 is 24.0. The Hall–Kier alpha value is -10.2. The number of para-hydroxylation sites is 1. The van der Waals surface area contributed by atoms with Gasteiger partial charge in [0, 0.05) is 68.4 Å². The van der Waals surface area contributed by atoms with Gasteiger partial charge in [0.15, 0.2) is 0 Å². The van der Waals surface area contributed by atoms with Crippen LogP contribution >= 0.6 is 0 Å². The second-order valence-corrected chi connectivity index (χ2v) is 21.8. The van der Waals surface area contributed by atoms with Crippen LogP contribution in [0.5, 0.6) is 28.7 Å². The third-order valence-corrected chi connectivity index (χ3v) is 15.5. The summed E-state index contributed by atoms with van der Waals surface area (Å²) in [6.45, 7) is 2.37. The molecular weight excluding hydrogens is 1300 g/mol. The molecule has 14 aliphatic rings. The van der Waals surface area contributed by atoms with Gasteiger partial charge < -0.3 is 24.1 Å². The van der Waals surface area contributed by atoms with Crippen LogP contribution in [0.2, 0.25) is 0 Å². The molecule has 8 aromatic heterocycles. The number of pyridine rings is 8. The molecule has 0 atom stereocenters. The molecule has 14 heteroatoms. The molecule has 0 saturated heterocycles. The van der Waals surface area contributed by atoms with Gasteiger partial charge in [0.25, 0.3) is 0 Å². The molecule has 1 N–H and O–H groups in total. The minimum Gasteiger partial charge on any atom is -0.507 e. The third kappa shape index (κ3) is 15.2. The maximum Gasteiger partial charge on any atom is 0.136 e. The number of rotatable bonds is 0. The minimum atomic E-state index is 0. The second kappa shape index (κ2) is 29.2. The molecule has 12 aromatic rings. The molecule has 22 heterocycles. The number of benzene rings is 4. The Balaban J connectivity index is 0.000000172. The summed E-state index contributed by atoms with van der Waals surface area (Å²) in [5, 5.41) is 11.2. The van der Waals surface area contributed by atoms with Crippen LogP contribution in [-0.2, 0) is 46.7 Å².